The molecule has 3 atom stereocenters. The minimum Gasteiger partial charge on any atom is -0.468 e. The molecular weight excluding hydrogens is 296 g/mol. The van der Waals surface area contributed by atoms with Gasteiger partial charge in [-0.1, -0.05) is 0 Å². The minimum atomic E-state index is -0.266. The molecule has 126 valence electrons. The highest BCUT2D eigenvalue weighted by molar-refractivity contribution is 5.81. The molecule has 1 amide bonds. The van der Waals surface area contributed by atoms with E-state index in [-0.39, 0.29) is 18.1 Å². The largest absolute Gasteiger partial charge is 0.468 e. The van der Waals surface area contributed by atoms with Crippen LogP contribution in [0.25, 0.3) is 0 Å². The van der Waals surface area contributed by atoms with Crippen molar-refractivity contribution in [2.45, 2.75) is 44.1 Å². The second-order valence-corrected chi connectivity index (χ2v) is 6.58. The van der Waals surface area contributed by atoms with E-state index in [2.05, 4.69) is 4.90 Å². The molecule has 23 heavy (non-hydrogen) atoms. The zero-order chi connectivity index (χ0) is 15.6. The fourth-order valence-electron chi connectivity index (χ4n) is 3.98. The van der Waals surface area contributed by atoms with E-state index in [0.717, 1.165) is 38.1 Å². The van der Waals surface area contributed by atoms with Crippen LogP contribution in [-0.2, 0) is 20.8 Å². The van der Waals surface area contributed by atoms with Gasteiger partial charge in [-0.25, -0.2) is 0 Å². The van der Waals surface area contributed by atoms with Gasteiger partial charge in [-0.2, -0.15) is 0 Å². The van der Waals surface area contributed by atoms with Crippen molar-refractivity contribution in [3.63, 3.8) is 0 Å². The fourth-order valence-corrected chi connectivity index (χ4v) is 3.98. The third-order valence-electron chi connectivity index (χ3n) is 5.20. The molecule has 3 saturated heterocycles. The van der Waals surface area contributed by atoms with Crippen LogP contribution in [0, 0.1) is 0 Å². The molecule has 4 rings (SSSR count). The number of carbonyl (C=O) groups excluding carboxylic acids is 1. The van der Waals surface area contributed by atoms with E-state index in [0.29, 0.717) is 32.3 Å². The van der Waals surface area contributed by atoms with E-state index >= 15 is 0 Å². The molecule has 6 heteroatoms. The number of carbonyl (C=O) groups is 1. The zero-order valence-electron chi connectivity index (χ0n) is 13.4. The Morgan fingerprint density at radius 2 is 2.04 bits per heavy atom. The highest BCUT2D eigenvalue weighted by Gasteiger charge is 2.42. The van der Waals surface area contributed by atoms with Crippen LogP contribution in [-0.4, -0.2) is 66.8 Å². The quantitative estimate of drug-likeness (QED) is 0.839. The standard InChI is InChI=1S/C17H24N2O4/c20-17(18-7-10-21-11-8-18)16-4-3-14-15(23-16)5-6-19(14)12-13-2-1-9-22-13/h1-2,9,14-16H,3-8,10-12H2/t14-,15-,16-/m1/s1. The molecule has 0 radical (unpaired) electrons. The van der Waals surface area contributed by atoms with Gasteiger partial charge in [0.05, 0.1) is 32.1 Å². The minimum absolute atomic E-state index is 0.149. The van der Waals surface area contributed by atoms with Gasteiger partial charge in [-0.15, -0.1) is 0 Å². The number of furan rings is 1. The summed E-state index contributed by atoms with van der Waals surface area (Å²) in [6.45, 7) is 4.51. The summed E-state index contributed by atoms with van der Waals surface area (Å²) < 4.78 is 16.9. The number of hydrogen-bond donors (Lipinski definition) is 0. The maximum Gasteiger partial charge on any atom is 0.251 e. The maximum absolute atomic E-state index is 12.6. The molecule has 3 aliphatic heterocycles. The van der Waals surface area contributed by atoms with Crippen LogP contribution in [0.4, 0.5) is 0 Å². The third kappa shape index (κ3) is 3.16. The summed E-state index contributed by atoms with van der Waals surface area (Å²) in [7, 11) is 0. The Bertz CT molecular complexity index is 527. The van der Waals surface area contributed by atoms with Crippen LogP contribution in [0.2, 0.25) is 0 Å². The van der Waals surface area contributed by atoms with Crippen LogP contribution in [0.3, 0.4) is 0 Å². The lowest BCUT2D eigenvalue weighted by atomic mass is 9.98. The average Bonchev–Trinajstić information content (AvgIpc) is 3.25. The van der Waals surface area contributed by atoms with Crippen molar-refractivity contribution in [2.75, 3.05) is 32.8 Å². The number of hydrogen-bond acceptors (Lipinski definition) is 5. The first-order valence-electron chi connectivity index (χ1n) is 8.60. The number of rotatable bonds is 3. The Morgan fingerprint density at radius 3 is 2.83 bits per heavy atom. The Kier molecular flexibility index (Phi) is 4.37. The first-order chi connectivity index (χ1) is 11.3. The average molecular weight is 320 g/mol. The topological polar surface area (TPSA) is 55.2 Å². The molecular formula is C17H24N2O4. The number of likely N-dealkylation sites (tertiary alicyclic amines) is 1. The van der Waals surface area contributed by atoms with E-state index in [4.69, 9.17) is 13.9 Å². The lowest BCUT2D eigenvalue weighted by Crippen LogP contribution is -2.51. The second kappa shape index (κ2) is 6.63. The second-order valence-electron chi connectivity index (χ2n) is 6.58. The summed E-state index contributed by atoms with van der Waals surface area (Å²) in [5.74, 6) is 1.15. The third-order valence-corrected chi connectivity index (χ3v) is 5.20. The molecule has 3 fully saturated rings. The zero-order valence-corrected chi connectivity index (χ0v) is 13.4. The predicted molar refractivity (Wildman–Crippen MR) is 82.8 cm³/mol. The van der Waals surface area contributed by atoms with Gasteiger partial charge in [-0.3, -0.25) is 9.69 Å². The molecule has 4 heterocycles. The Balaban J connectivity index is 1.34. The van der Waals surface area contributed by atoms with Crippen LogP contribution in [0.1, 0.15) is 25.0 Å². The predicted octanol–water partition coefficient (Wildman–Crippen LogP) is 1.26. The highest BCUT2D eigenvalue weighted by atomic mass is 16.5. The molecule has 1 aromatic heterocycles. The summed E-state index contributed by atoms with van der Waals surface area (Å²) in [4.78, 5) is 16.9. The number of ether oxygens (including phenoxy) is 2. The first-order valence-corrected chi connectivity index (χ1v) is 8.60. The van der Waals surface area contributed by atoms with Crippen molar-refractivity contribution in [3.05, 3.63) is 24.2 Å². The van der Waals surface area contributed by atoms with Crippen molar-refractivity contribution < 1.29 is 18.7 Å². The molecule has 0 N–H and O–H groups in total. The Labute approximate surface area is 136 Å². The summed E-state index contributed by atoms with van der Waals surface area (Å²) in [5, 5.41) is 0. The Hall–Kier alpha value is -1.37. The molecule has 1 aromatic rings. The van der Waals surface area contributed by atoms with Gasteiger partial charge >= 0.3 is 0 Å². The van der Waals surface area contributed by atoms with Crippen LogP contribution in [0.15, 0.2) is 22.8 Å². The fraction of sp³-hybridized carbons (Fsp3) is 0.706. The van der Waals surface area contributed by atoms with E-state index in [1.54, 1.807) is 6.26 Å². The van der Waals surface area contributed by atoms with Gasteiger partial charge in [-0.05, 0) is 31.4 Å². The summed E-state index contributed by atoms with van der Waals surface area (Å²) in [6, 6.07) is 4.35. The normalized spacial score (nSPS) is 32.0. The molecule has 0 saturated carbocycles. The van der Waals surface area contributed by atoms with Gasteiger partial charge in [0.2, 0.25) is 0 Å². The molecule has 6 nitrogen and oxygen atoms in total. The summed E-state index contributed by atoms with van der Waals surface area (Å²) >= 11 is 0. The summed E-state index contributed by atoms with van der Waals surface area (Å²) in [6.07, 6.45) is 4.46. The Morgan fingerprint density at radius 1 is 1.17 bits per heavy atom. The van der Waals surface area contributed by atoms with Crippen LogP contribution < -0.4 is 0 Å². The van der Waals surface area contributed by atoms with Crippen molar-refractivity contribution in [3.8, 4) is 0 Å². The van der Waals surface area contributed by atoms with E-state index in [9.17, 15) is 4.79 Å². The van der Waals surface area contributed by atoms with Crippen molar-refractivity contribution >= 4 is 5.91 Å². The SMILES string of the molecule is O=C([C@H]1CC[C@@H]2[C@@H](CCN2Cc2ccco2)O1)N1CCOCC1. The molecule has 0 aromatic carbocycles. The van der Waals surface area contributed by atoms with Crippen LogP contribution >= 0.6 is 0 Å². The monoisotopic (exact) mass is 320 g/mol. The number of nitrogens with zero attached hydrogens (tertiary/aromatic N) is 2. The van der Waals surface area contributed by atoms with Crippen molar-refractivity contribution in [2.24, 2.45) is 0 Å². The maximum atomic E-state index is 12.6. The van der Waals surface area contributed by atoms with E-state index in [1.807, 2.05) is 17.0 Å². The first kappa shape index (κ1) is 15.2. The smallest absolute Gasteiger partial charge is 0.251 e. The van der Waals surface area contributed by atoms with E-state index in [1.165, 1.54) is 0 Å². The van der Waals surface area contributed by atoms with Crippen LogP contribution in [0.5, 0.6) is 0 Å². The van der Waals surface area contributed by atoms with Gasteiger partial charge in [0.1, 0.15) is 11.9 Å². The molecule has 0 aliphatic carbocycles. The van der Waals surface area contributed by atoms with E-state index < -0.39 is 0 Å². The van der Waals surface area contributed by atoms with Gasteiger partial charge in [0.15, 0.2) is 0 Å². The lowest BCUT2D eigenvalue weighted by Gasteiger charge is -2.37. The molecule has 3 aliphatic rings. The van der Waals surface area contributed by atoms with Gasteiger partial charge in [0, 0.05) is 25.7 Å². The van der Waals surface area contributed by atoms with Gasteiger partial charge in [0.25, 0.3) is 5.91 Å². The molecule has 0 spiro atoms. The van der Waals surface area contributed by atoms with Gasteiger partial charge < -0.3 is 18.8 Å². The van der Waals surface area contributed by atoms with Crippen molar-refractivity contribution in [1.82, 2.24) is 9.80 Å². The number of amides is 1. The van der Waals surface area contributed by atoms with Crippen molar-refractivity contribution in [1.29, 1.82) is 0 Å². The highest BCUT2D eigenvalue weighted by Crippen LogP contribution is 2.33. The lowest BCUT2D eigenvalue weighted by molar-refractivity contribution is -0.158. The number of morpholine rings is 1. The molecule has 0 bridgehead atoms. The number of fused-ring (bicyclic) bond motifs is 1. The summed E-state index contributed by atoms with van der Waals surface area (Å²) in [5.41, 5.74) is 0. The molecule has 0 unspecified atom stereocenters.